The molecule has 2 fully saturated rings. The Morgan fingerprint density at radius 2 is 2.00 bits per heavy atom. The molecule has 0 aliphatic carbocycles. The fraction of sp³-hybridized carbons (Fsp3) is 0.500. The first kappa shape index (κ1) is 15.1. The summed E-state index contributed by atoms with van der Waals surface area (Å²) in [5.41, 5.74) is 1.32. The van der Waals surface area contributed by atoms with Gasteiger partial charge < -0.3 is 13.8 Å². The molecular formula is C14H19N2O3PS. The van der Waals surface area contributed by atoms with Gasteiger partial charge in [-0.25, -0.2) is 0 Å². The van der Waals surface area contributed by atoms with Crippen LogP contribution >= 0.6 is 6.64 Å². The van der Waals surface area contributed by atoms with Crippen molar-refractivity contribution in [2.45, 2.75) is 19.4 Å². The summed E-state index contributed by atoms with van der Waals surface area (Å²) < 4.78 is 20.8. The van der Waals surface area contributed by atoms with Crippen molar-refractivity contribution in [2.24, 2.45) is 4.76 Å². The molecule has 2 saturated heterocycles. The highest BCUT2D eigenvalue weighted by Gasteiger charge is 2.30. The predicted molar refractivity (Wildman–Crippen MR) is 85.9 cm³/mol. The molecule has 1 aromatic rings. The Bertz CT molecular complexity index is 557. The quantitative estimate of drug-likeness (QED) is 0.796. The van der Waals surface area contributed by atoms with Crippen LogP contribution in [0.4, 0.5) is 0 Å². The van der Waals surface area contributed by atoms with Crippen molar-refractivity contribution >= 4 is 24.3 Å². The number of nitrogens with zero attached hydrogens (tertiary/aromatic N) is 2. The topological polar surface area (TPSA) is 43.3 Å². The summed E-state index contributed by atoms with van der Waals surface area (Å²) in [5, 5.41) is 0. The molecule has 0 radical (unpaired) electrons. The number of rotatable bonds is 4. The summed E-state index contributed by atoms with van der Waals surface area (Å²) >= 11 is 5.29. The Kier molecular flexibility index (Phi) is 4.72. The average Bonchev–Trinajstić information content (AvgIpc) is 3.10. The van der Waals surface area contributed by atoms with Crippen LogP contribution in [0.5, 0.6) is 0 Å². The van der Waals surface area contributed by atoms with Crippen LogP contribution in [0.3, 0.4) is 0 Å². The SMILES string of the molecule is CC(Cc1ccccc1)N1CO/C(=N/P2(=S)OCCO2)C1. The van der Waals surface area contributed by atoms with Gasteiger partial charge in [0.25, 0.3) is 0 Å². The van der Waals surface area contributed by atoms with Crippen LogP contribution in [0.15, 0.2) is 35.1 Å². The van der Waals surface area contributed by atoms with Crippen LogP contribution in [0.1, 0.15) is 12.5 Å². The molecule has 0 saturated carbocycles. The molecule has 0 bridgehead atoms. The average molecular weight is 326 g/mol. The van der Waals surface area contributed by atoms with Crippen LogP contribution in [0.2, 0.25) is 0 Å². The van der Waals surface area contributed by atoms with Gasteiger partial charge in [0.15, 0.2) is 0 Å². The minimum Gasteiger partial charge on any atom is -0.464 e. The maximum atomic E-state index is 5.63. The lowest BCUT2D eigenvalue weighted by Gasteiger charge is -2.21. The van der Waals surface area contributed by atoms with Crippen molar-refractivity contribution in [1.82, 2.24) is 4.90 Å². The number of ether oxygens (including phenoxy) is 1. The molecule has 2 aliphatic rings. The van der Waals surface area contributed by atoms with Gasteiger partial charge in [-0.15, -0.1) is 0 Å². The van der Waals surface area contributed by atoms with Gasteiger partial charge >= 0.3 is 6.64 Å². The van der Waals surface area contributed by atoms with E-state index < -0.39 is 6.64 Å². The van der Waals surface area contributed by atoms with E-state index in [0.717, 1.165) is 6.42 Å². The van der Waals surface area contributed by atoms with E-state index in [1.165, 1.54) is 5.56 Å². The van der Waals surface area contributed by atoms with E-state index in [1.54, 1.807) is 0 Å². The maximum absolute atomic E-state index is 5.63. The zero-order chi connectivity index (χ0) is 14.7. The Labute approximate surface area is 130 Å². The second kappa shape index (κ2) is 6.55. The molecule has 1 atom stereocenters. The van der Waals surface area contributed by atoms with Crippen molar-refractivity contribution in [3.63, 3.8) is 0 Å². The Hall–Kier alpha value is -0.780. The smallest absolute Gasteiger partial charge is 0.312 e. The second-order valence-electron chi connectivity index (χ2n) is 5.19. The van der Waals surface area contributed by atoms with Crippen LogP contribution < -0.4 is 0 Å². The highest BCUT2D eigenvalue weighted by atomic mass is 32.5. The molecule has 1 aromatic carbocycles. The van der Waals surface area contributed by atoms with Crippen LogP contribution in [-0.2, 0) is 32.0 Å². The first-order valence-corrected chi connectivity index (χ1v) is 9.63. The van der Waals surface area contributed by atoms with Crippen LogP contribution in [0, 0.1) is 0 Å². The molecule has 5 nitrogen and oxygen atoms in total. The van der Waals surface area contributed by atoms with E-state index in [-0.39, 0.29) is 0 Å². The molecule has 0 amide bonds. The first-order valence-electron chi connectivity index (χ1n) is 7.04. The van der Waals surface area contributed by atoms with Crippen molar-refractivity contribution in [3.8, 4) is 0 Å². The van der Waals surface area contributed by atoms with Crippen molar-refractivity contribution in [2.75, 3.05) is 26.5 Å². The summed E-state index contributed by atoms with van der Waals surface area (Å²) in [7, 11) is 0. The number of benzene rings is 1. The normalized spacial score (nSPS) is 25.1. The van der Waals surface area contributed by atoms with E-state index in [4.69, 9.17) is 25.6 Å². The molecule has 3 rings (SSSR count). The fourth-order valence-corrected chi connectivity index (χ4v) is 4.30. The minimum atomic E-state index is -2.47. The molecule has 114 valence electrons. The monoisotopic (exact) mass is 326 g/mol. The molecule has 21 heavy (non-hydrogen) atoms. The molecule has 2 heterocycles. The van der Waals surface area contributed by atoms with Gasteiger partial charge in [-0.3, -0.25) is 4.90 Å². The summed E-state index contributed by atoms with van der Waals surface area (Å²) in [4.78, 5) is 2.24. The fourth-order valence-electron chi connectivity index (χ4n) is 2.39. The van der Waals surface area contributed by atoms with E-state index in [2.05, 4.69) is 40.9 Å². The lowest BCUT2D eigenvalue weighted by Crippen LogP contribution is -2.32. The van der Waals surface area contributed by atoms with E-state index >= 15 is 0 Å². The predicted octanol–water partition coefficient (Wildman–Crippen LogP) is 2.58. The van der Waals surface area contributed by atoms with Gasteiger partial charge in [0.1, 0.15) is 6.73 Å². The van der Waals surface area contributed by atoms with Gasteiger partial charge in [-0.05, 0) is 30.7 Å². The maximum Gasteiger partial charge on any atom is 0.312 e. The molecule has 7 heteroatoms. The zero-order valence-corrected chi connectivity index (χ0v) is 13.7. The number of hydrogen-bond donors (Lipinski definition) is 0. The third-order valence-electron chi connectivity index (χ3n) is 3.56. The van der Waals surface area contributed by atoms with E-state index in [9.17, 15) is 0 Å². The van der Waals surface area contributed by atoms with E-state index in [0.29, 0.717) is 38.4 Å². The summed E-state index contributed by atoms with van der Waals surface area (Å²) in [6.07, 6.45) is 0.985. The van der Waals surface area contributed by atoms with Crippen molar-refractivity contribution < 1.29 is 13.8 Å². The van der Waals surface area contributed by atoms with Gasteiger partial charge in [-0.2, -0.15) is 4.76 Å². The summed E-state index contributed by atoms with van der Waals surface area (Å²) in [5.74, 6) is 0.639. The lowest BCUT2D eigenvalue weighted by atomic mass is 10.1. The summed E-state index contributed by atoms with van der Waals surface area (Å²) in [6, 6.07) is 10.8. The Morgan fingerprint density at radius 1 is 1.29 bits per heavy atom. The van der Waals surface area contributed by atoms with Crippen molar-refractivity contribution in [1.29, 1.82) is 0 Å². The van der Waals surface area contributed by atoms with Crippen LogP contribution in [0.25, 0.3) is 0 Å². The third-order valence-corrected chi connectivity index (χ3v) is 5.92. The molecule has 0 N–H and O–H groups in total. The first-order chi connectivity index (χ1) is 10.1. The highest BCUT2D eigenvalue weighted by molar-refractivity contribution is 8.09. The lowest BCUT2D eigenvalue weighted by molar-refractivity contribution is 0.153. The Balaban J connectivity index is 1.59. The van der Waals surface area contributed by atoms with Crippen molar-refractivity contribution in [3.05, 3.63) is 35.9 Å². The standard InChI is InChI=1S/C14H19N2O3PS/c1-12(9-13-5-3-2-4-6-13)16-10-14(17-11-16)15-20(21)18-7-8-19-20/h2-6,12H,7-11H2,1H3/b15-14+. The largest absolute Gasteiger partial charge is 0.464 e. The van der Waals surface area contributed by atoms with Gasteiger partial charge in [-0.1, -0.05) is 30.3 Å². The summed E-state index contributed by atoms with van der Waals surface area (Å²) in [6.45, 7) is 1.99. The minimum absolute atomic E-state index is 0.380. The molecule has 0 aromatic heterocycles. The van der Waals surface area contributed by atoms with Gasteiger partial charge in [0, 0.05) is 6.04 Å². The highest BCUT2D eigenvalue weighted by Crippen LogP contribution is 2.54. The zero-order valence-electron chi connectivity index (χ0n) is 12.0. The molecular weight excluding hydrogens is 307 g/mol. The van der Waals surface area contributed by atoms with Crippen LogP contribution in [-0.4, -0.2) is 43.3 Å². The molecule has 0 spiro atoms. The van der Waals surface area contributed by atoms with Gasteiger partial charge in [0.05, 0.1) is 19.8 Å². The third kappa shape index (κ3) is 3.90. The number of hydrogen-bond acceptors (Lipinski definition) is 5. The second-order valence-corrected chi connectivity index (χ2v) is 8.23. The Morgan fingerprint density at radius 3 is 2.71 bits per heavy atom. The van der Waals surface area contributed by atoms with E-state index in [1.807, 2.05) is 6.07 Å². The molecule has 1 unspecified atom stereocenters. The van der Waals surface area contributed by atoms with Gasteiger partial charge in [0.2, 0.25) is 5.90 Å². The molecule has 2 aliphatic heterocycles.